The molecule has 0 aromatic carbocycles. The van der Waals surface area contributed by atoms with Gasteiger partial charge in [0.05, 0.1) is 6.33 Å². The van der Waals surface area contributed by atoms with E-state index >= 15 is 0 Å². The maximum atomic E-state index is 4.47. The summed E-state index contributed by atoms with van der Waals surface area (Å²) >= 11 is 0. The van der Waals surface area contributed by atoms with Crippen molar-refractivity contribution in [3.63, 3.8) is 0 Å². The Bertz CT molecular complexity index is 528. The van der Waals surface area contributed by atoms with E-state index in [2.05, 4.69) is 51.3 Å². The number of H-pyrrole nitrogens is 1. The van der Waals surface area contributed by atoms with Gasteiger partial charge in [0.2, 0.25) is 5.95 Å². The van der Waals surface area contributed by atoms with Crippen LogP contribution in [0.3, 0.4) is 0 Å². The molecular formula is C12H20N6. The van der Waals surface area contributed by atoms with Gasteiger partial charge >= 0.3 is 0 Å². The number of hydrogen-bond donors (Lipinski definition) is 3. The van der Waals surface area contributed by atoms with Crippen molar-refractivity contribution in [2.75, 3.05) is 17.7 Å². The van der Waals surface area contributed by atoms with Gasteiger partial charge in [0, 0.05) is 12.6 Å². The molecule has 2 rings (SSSR count). The third-order valence-corrected chi connectivity index (χ3v) is 3.49. The highest BCUT2D eigenvalue weighted by atomic mass is 15.2. The first-order valence-corrected chi connectivity index (χ1v) is 6.29. The number of imidazole rings is 1. The maximum absolute atomic E-state index is 4.47. The Balaban J connectivity index is 2.45. The van der Waals surface area contributed by atoms with E-state index < -0.39 is 0 Å². The molecule has 0 atom stereocenters. The van der Waals surface area contributed by atoms with Crippen LogP contribution in [0, 0.1) is 0 Å². The number of hydrogen-bond acceptors (Lipinski definition) is 5. The molecule has 0 amide bonds. The van der Waals surface area contributed by atoms with Crippen LogP contribution in [0.2, 0.25) is 0 Å². The lowest BCUT2D eigenvalue weighted by Gasteiger charge is -2.29. The normalized spacial score (nSPS) is 11.8. The third kappa shape index (κ3) is 2.23. The molecule has 0 saturated heterocycles. The van der Waals surface area contributed by atoms with Crippen molar-refractivity contribution in [3.05, 3.63) is 6.33 Å². The lowest BCUT2D eigenvalue weighted by Crippen LogP contribution is -2.33. The van der Waals surface area contributed by atoms with E-state index in [0.29, 0.717) is 11.6 Å². The van der Waals surface area contributed by atoms with E-state index in [4.69, 9.17) is 0 Å². The summed E-state index contributed by atoms with van der Waals surface area (Å²) in [4.78, 5) is 16.0. The minimum atomic E-state index is 0.0252. The lowest BCUT2D eigenvalue weighted by atomic mass is 9.95. The Hall–Kier alpha value is -1.85. The fraction of sp³-hybridized carbons (Fsp3) is 0.583. The Kier molecular flexibility index (Phi) is 3.36. The van der Waals surface area contributed by atoms with Crippen LogP contribution in [0.4, 0.5) is 11.8 Å². The summed E-state index contributed by atoms with van der Waals surface area (Å²) in [5.41, 5.74) is 1.55. The number of nitrogens with zero attached hydrogens (tertiary/aromatic N) is 3. The molecule has 3 N–H and O–H groups in total. The van der Waals surface area contributed by atoms with Crippen molar-refractivity contribution < 1.29 is 0 Å². The van der Waals surface area contributed by atoms with Crippen LogP contribution in [-0.4, -0.2) is 32.5 Å². The molecule has 0 radical (unpaired) electrons. The largest absolute Gasteiger partial charge is 0.363 e. The fourth-order valence-electron chi connectivity index (χ4n) is 1.75. The average molecular weight is 248 g/mol. The van der Waals surface area contributed by atoms with Crippen molar-refractivity contribution in [1.29, 1.82) is 0 Å². The average Bonchev–Trinajstić information content (AvgIpc) is 2.86. The van der Waals surface area contributed by atoms with E-state index in [1.807, 2.05) is 0 Å². The van der Waals surface area contributed by atoms with Crippen molar-refractivity contribution in [3.8, 4) is 0 Å². The highest BCUT2D eigenvalue weighted by Crippen LogP contribution is 2.25. The molecule has 6 heteroatoms. The molecule has 18 heavy (non-hydrogen) atoms. The molecule has 2 aromatic rings. The van der Waals surface area contributed by atoms with Gasteiger partial charge < -0.3 is 15.6 Å². The van der Waals surface area contributed by atoms with Gasteiger partial charge in [0.25, 0.3) is 0 Å². The summed E-state index contributed by atoms with van der Waals surface area (Å²) < 4.78 is 0. The monoisotopic (exact) mass is 248 g/mol. The highest BCUT2D eigenvalue weighted by Gasteiger charge is 2.22. The van der Waals surface area contributed by atoms with Gasteiger partial charge in [-0.15, -0.1) is 0 Å². The SMILES string of the molecule is CCC(C)(CC)Nc1nc(NC)nc2nc[nH]c12. The second-order valence-electron chi connectivity index (χ2n) is 4.64. The quantitative estimate of drug-likeness (QED) is 0.757. The van der Waals surface area contributed by atoms with Gasteiger partial charge in [0.15, 0.2) is 11.5 Å². The molecule has 2 aromatic heterocycles. The van der Waals surface area contributed by atoms with Crippen molar-refractivity contribution in [1.82, 2.24) is 19.9 Å². The summed E-state index contributed by atoms with van der Waals surface area (Å²) in [6, 6.07) is 0. The van der Waals surface area contributed by atoms with Crippen LogP contribution in [0.1, 0.15) is 33.6 Å². The van der Waals surface area contributed by atoms with Gasteiger partial charge in [-0.1, -0.05) is 13.8 Å². The van der Waals surface area contributed by atoms with E-state index in [1.54, 1.807) is 13.4 Å². The van der Waals surface area contributed by atoms with Gasteiger partial charge in [0.1, 0.15) is 5.52 Å². The highest BCUT2D eigenvalue weighted by molar-refractivity contribution is 5.84. The van der Waals surface area contributed by atoms with Crippen LogP contribution in [0.25, 0.3) is 11.2 Å². The van der Waals surface area contributed by atoms with Crippen LogP contribution in [0.15, 0.2) is 6.33 Å². The van der Waals surface area contributed by atoms with Crippen molar-refractivity contribution in [2.24, 2.45) is 0 Å². The Morgan fingerprint density at radius 1 is 1.28 bits per heavy atom. The van der Waals surface area contributed by atoms with Gasteiger partial charge in [-0.2, -0.15) is 9.97 Å². The molecular weight excluding hydrogens is 228 g/mol. The van der Waals surface area contributed by atoms with Crippen LogP contribution < -0.4 is 10.6 Å². The molecule has 6 nitrogen and oxygen atoms in total. The molecule has 2 heterocycles. The number of rotatable bonds is 5. The maximum Gasteiger partial charge on any atom is 0.226 e. The summed E-state index contributed by atoms with van der Waals surface area (Å²) in [5, 5.41) is 6.45. The predicted molar refractivity (Wildman–Crippen MR) is 73.8 cm³/mol. The van der Waals surface area contributed by atoms with E-state index in [-0.39, 0.29) is 5.54 Å². The minimum absolute atomic E-state index is 0.0252. The number of aromatic nitrogens is 4. The van der Waals surface area contributed by atoms with Crippen LogP contribution >= 0.6 is 0 Å². The number of fused-ring (bicyclic) bond motifs is 1. The topological polar surface area (TPSA) is 78.5 Å². The molecule has 0 spiro atoms. The summed E-state index contributed by atoms with van der Waals surface area (Å²) in [6.07, 6.45) is 3.69. The molecule has 0 aliphatic heterocycles. The zero-order valence-electron chi connectivity index (χ0n) is 11.3. The third-order valence-electron chi connectivity index (χ3n) is 3.49. The zero-order valence-corrected chi connectivity index (χ0v) is 11.3. The molecule has 0 saturated carbocycles. The number of nitrogens with one attached hydrogen (secondary N) is 3. The zero-order chi connectivity index (χ0) is 13.2. The molecule has 0 aliphatic carbocycles. The minimum Gasteiger partial charge on any atom is -0.363 e. The summed E-state index contributed by atoms with van der Waals surface area (Å²) in [6.45, 7) is 6.53. The fourth-order valence-corrected chi connectivity index (χ4v) is 1.75. The second-order valence-corrected chi connectivity index (χ2v) is 4.64. The molecule has 0 bridgehead atoms. The van der Waals surface area contributed by atoms with Crippen LogP contribution in [-0.2, 0) is 0 Å². The molecule has 0 fully saturated rings. The number of aromatic amines is 1. The summed E-state index contributed by atoms with van der Waals surface area (Å²) in [7, 11) is 1.80. The Labute approximate surface area is 107 Å². The second kappa shape index (κ2) is 4.80. The summed E-state index contributed by atoms with van der Waals surface area (Å²) in [5.74, 6) is 1.37. The van der Waals surface area contributed by atoms with Gasteiger partial charge in [-0.25, -0.2) is 4.98 Å². The molecule has 0 aliphatic rings. The Morgan fingerprint density at radius 2 is 2.00 bits per heavy atom. The first kappa shape index (κ1) is 12.6. The standard InChI is InChI=1S/C12H20N6/c1-5-12(3,6-2)18-10-8-9(15-7-14-8)16-11(13-4)17-10/h7H,5-6H2,1-4H3,(H3,13,14,15,16,17,18). The molecule has 98 valence electrons. The first-order valence-electron chi connectivity index (χ1n) is 6.29. The van der Waals surface area contributed by atoms with Crippen LogP contribution in [0.5, 0.6) is 0 Å². The number of anilines is 2. The van der Waals surface area contributed by atoms with Gasteiger partial charge in [-0.3, -0.25) is 0 Å². The predicted octanol–water partition coefficient (Wildman–Crippen LogP) is 2.39. The lowest BCUT2D eigenvalue weighted by molar-refractivity contribution is 0.477. The van der Waals surface area contributed by atoms with E-state index in [0.717, 1.165) is 24.2 Å². The van der Waals surface area contributed by atoms with Gasteiger partial charge in [-0.05, 0) is 19.8 Å². The van der Waals surface area contributed by atoms with E-state index in [1.165, 1.54) is 0 Å². The van der Waals surface area contributed by atoms with Crippen molar-refractivity contribution >= 4 is 22.9 Å². The Morgan fingerprint density at radius 3 is 2.61 bits per heavy atom. The van der Waals surface area contributed by atoms with E-state index in [9.17, 15) is 0 Å². The smallest absolute Gasteiger partial charge is 0.226 e. The first-order chi connectivity index (χ1) is 8.61. The molecule has 0 unspecified atom stereocenters. The van der Waals surface area contributed by atoms with Crippen molar-refractivity contribution in [2.45, 2.75) is 39.2 Å².